The highest BCUT2D eigenvalue weighted by Crippen LogP contribution is 2.23. The molecular weight excluding hydrogens is 343 g/mol. The quantitative estimate of drug-likeness (QED) is 0.840. The van der Waals surface area contributed by atoms with E-state index in [0.29, 0.717) is 24.7 Å². The van der Waals surface area contributed by atoms with Gasteiger partial charge in [-0.2, -0.15) is 0 Å². The molecule has 2 heterocycles. The van der Waals surface area contributed by atoms with E-state index in [4.69, 9.17) is 11.6 Å². The summed E-state index contributed by atoms with van der Waals surface area (Å²) in [5.74, 6) is 0.208. The summed E-state index contributed by atoms with van der Waals surface area (Å²) in [6, 6.07) is 6.19. The fraction of sp³-hybridized carbons (Fsp3) is 0.389. The molecule has 2 aromatic rings. The first-order valence-electron chi connectivity index (χ1n) is 8.21. The molecule has 1 fully saturated rings. The summed E-state index contributed by atoms with van der Waals surface area (Å²) < 4.78 is 13.5. The van der Waals surface area contributed by atoms with E-state index < -0.39 is 5.82 Å². The maximum Gasteiger partial charge on any atom is 0.254 e. The zero-order valence-corrected chi connectivity index (χ0v) is 15.0. The summed E-state index contributed by atoms with van der Waals surface area (Å²) in [4.78, 5) is 24.9. The number of aromatic nitrogens is 2. The Morgan fingerprint density at radius 1 is 1.24 bits per heavy atom. The maximum atomic E-state index is 13.5. The zero-order valence-electron chi connectivity index (χ0n) is 14.2. The molecule has 5 nitrogen and oxygen atoms in total. The first kappa shape index (κ1) is 17.6. The Labute approximate surface area is 151 Å². The summed E-state index contributed by atoms with van der Waals surface area (Å²) in [6.45, 7) is 3.17. The molecule has 0 saturated carbocycles. The van der Waals surface area contributed by atoms with Gasteiger partial charge in [0.1, 0.15) is 18.0 Å². The first-order valence-corrected chi connectivity index (χ1v) is 8.58. The predicted molar refractivity (Wildman–Crippen MR) is 95.5 cm³/mol. The number of carbonyl (C=O) groups is 1. The highest BCUT2D eigenvalue weighted by atomic mass is 35.5. The number of halogens is 2. The van der Waals surface area contributed by atoms with Crippen LogP contribution in [0.2, 0.25) is 5.02 Å². The summed E-state index contributed by atoms with van der Waals surface area (Å²) in [7, 11) is 2.01. The van der Waals surface area contributed by atoms with Crippen LogP contribution in [0.5, 0.6) is 0 Å². The molecule has 0 spiro atoms. The van der Waals surface area contributed by atoms with Crippen LogP contribution in [0.1, 0.15) is 28.9 Å². The van der Waals surface area contributed by atoms with Crippen LogP contribution in [0.4, 0.5) is 10.2 Å². The molecule has 25 heavy (non-hydrogen) atoms. The predicted octanol–water partition coefficient (Wildman–Crippen LogP) is 3.32. The molecule has 1 aliphatic rings. The van der Waals surface area contributed by atoms with E-state index in [-0.39, 0.29) is 10.9 Å². The van der Waals surface area contributed by atoms with E-state index in [1.807, 2.05) is 20.0 Å². The molecule has 0 bridgehead atoms. The van der Waals surface area contributed by atoms with Gasteiger partial charge in [-0.1, -0.05) is 11.6 Å². The highest BCUT2D eigenvalue weighted by molar-refractivity contribution is 6.31. The Balaban J connectivity index is 1.64. The average Bonchev–Trinajstić information content (AvgIpc) is 2.60. The third-order valence-electron chi connectivity index (χ3n) is 4.56. The van der Waals surface area contributed by atoms with Crippen LogP contribution in [0.3, 0.4) is 0 Å². The van der Waals surface area contributed by atoms with Crippen molar-refractivity contribution >= 4 is 23.3 Å². The number of amides is 1. The van der Waals surface area contributed by atoms with Gasteiger partial charge < -0.3 is 9.80 Å². The van der Waals surface area contributed by atoms with Crippen molar-refractivity contribution in [2.75, 3.05) is 25.0 Å². The number of nitrogens with zero attached hydrogens (tertiary/aromatic N) is 4. The molecular formula is C18H20ClFN4O. The van der Waals surface area contributed by atoms with Gasteiger partial charge >= 0.3 is 0 Å². The number of benzene rings is 1. The average molecular weight is 363 g/mol. The molecule has 3 rings (SSSR count). The minimum Gasteiger partial charge on any atom is -0.356 e. The summed E-state index contributed by atoms with van der Waals surface area (Å²) in [6.07, 6.45) is 3.22. The van der Waals surface area contributed by atoms with Gasteiger partial charge in [0.15, 0.2) is 0 Å². The molecule has 132 valence electrons. The monoisotopic (exact) mass is 362 g/mol. The molecule has 0 aliphatic carbocycles. The Kier molecular flexibility index (Phi) is 5.18. The standard InChI is InChI=1S/C18H20ClFN4O/c1-12-7-17(22-11-21-12)23(2)16-3-5-24(6-4-16)18(25)13-8-14(19)10-15(20)9-13/h7-11,16H,3-6H2,1-2H3. The van der Waals surface area contributed by atoms with E-state index in [2.05, 4.69) is 14.9 Å². The number of hydrogen-bond acceptors (Lipinski definition) is 4. The number of likely N-dealkylation sites (tertiary alicyclic amines) is 1. The Morgan fingerprint density at radius 3 is 2.60 bits per heavy atom. The van der Waals surface area contributed by atoms with Crippen molar-refractivity contribution in [3.05, 3.63) is 52.7 Å². The topological polar surface area (TPSA) is 49.3 Å². The second-order valence-electron chi connectivity index (χ2n) is 6.31. The molecule has 1 aliphatic heterocycles. The van der Waals surface area contributed by atoms with Gasteiger partial charge in [-0.3, -0.25) is 4.79 Å². The number of carbonyl (C=O) groups excluding carboxylic acids is 1. The zero-order chi connectivity index (χ0) is 18.0. The highest BCUT2D eigenvalue weighted by Gasteiger charge is 2.27. The van der Waals surface area contributed by atoms with Gasteiger partial charge in [0.2, 0.25) is 0 Å². The second-order valence-corrected chi connectivity index (χ2v) is 6.75. The number of hydrogen-bond donors (Lipinski definition) is 0. The van der Waals surface area contributed by atoms with Gasteiger partial charge in [0.25, 0.3) is 5.91 Å². The normalized spacial score (nSPS) is 15.3. The van der Waals surface area contributed by atoms with Crippen molar-refractivity contribution in [3.8, 4) is 0 Å². The van der Waals surface area contributed by atoms with E-state index in [1.165, 1.54) is 18.2 Å². The Hall–Kier alpha value is -2.21. The molecule has 0 unspecified atom stereocenters. The Morgan fingerprint density at radius 2 is 1.96 bits per heavy atom. The third-order valence-corrected chi connectivity index (χ3v) is 4.78. The summed E-state index contributed by atoms with van der Waals surface area (Å²) >= 11 is 5.85. The largest absolute Gasteiger partial charge is 0.356 e. The van der Waals surface area contributed by atoms with Crippen LogP contribution in [0, 0.1) is 12.7 Å². The lowest BCUT2D eigenvalue weighted by Crippen LogP contribution is -2.46. The van der Waals surface area contributed by atoms with Crippen LogP contribution in [-0.4, -0.2) is 47.0 Å². The van der Waals surface area contributed by atoms with Crippen molar-refractivity contribution < 1.29 is 9.18 Å². The minimum atomic E-state index is -0.496. The number of aryl methyl sites for hydroxylation is 1. The Bertz CT molecular complexity index is 757. The van der Waals surface area contributed by atoms with Crippen LogP contribution in [-0.2, 0) is 0 Å². The molecule has 0 atom stereocenters. The van der Waals surface area contributed by atoms with Crippen molar-refractivity contribution in [1.82, 2.24) is 14.9 Å². The lowest BCUT2D eigenvalue weighted by atomic mass is 10.0. The molecule has 1 aromatic heterocycles. The van der Waals surface area contributed by atoms with Gasteiger partial charge in [-0.25, -0.2) is 14.4 Å². The fourth-order valence-corrected chi connectivity index (χ4v) is 3.36. The van der Waals surface area contributed by atoms with Gasteiger partial charge in [0.05, 0.1) is 0 Å². The van der Waals surface area contributed by atoms with E-state index in [1.54, 1.807) is 11.2 Å². The fourth-order valence-electron chi connectivity index (χ4n) is 3.14. The third kappa shape index (κ3) is 4.07. The van der Waals surface area contributed by atoms with Gasteiger partial charge in [0, 0.05) is 48.5 Å². The van der Waals surface area contributed by atoms with Crippen LogP contribution < -0.4 is 4.90 Å². The smallest absolute Gasteiger partial charge is 0.254 e. The maximum absolute atomic E-state index is 13.5. The van der Waals surface area contributed by atoms with Gasteiger partial charge in [-0.05, 0) is 38.0 Å². The van der Waals surface area contributed by atoms with Crippen molar-refractivity contribution in [3.63, 3.8) is 0 Å². The van der Waals surface area contributed by atoms with Crippen LogP contribution in [0.25, 0.3) is 0 Å². The number of piperidine rings is 1. The van der Waals surface area contributed by atoms with E-state index in [9.17, 15) is 9.18 Å². The number of rotatable bonds is 3. The second kappa shape index (κ2) is 7.35. The molecule has 1 aromatic carbocycles. The number of anilines is 1. The van der Waals surface area contributed by atoms with Crippen LogP contribution in [0.15, 0.2) is 30.6 Å². The van der Waals surface area contributed by atoms with Crippen molar-refractivity contribution in [2.24, 2.45) is 0 Å². The molecule has 7 heteroatoms. The lowest BCUT2D eigenvalue weighted by Gasteiger charge is -2.37. The van der Waals surface area contributed by atoms with Gasteiger partial charge in [-0.15, -0.1) is 0 Å². The first-order chi connectivity index (χ1) is 11.9. The molecule has 1 amide bonds. The van der Waals surface area contributed by atoms with E-state index in [0.717, 1.165) is 24.4 Å². The molecule has 1 saturated heterocycles. The molecule has 0 radical (unpaired) electrons. The van der Waals surface area contributed by atoms with E-state index >= 15 is 0 Å². The SMILES string of the molecule is Cc1cc(N(C)C2CCN(C(=O)c3cc(F)cc(Cl)c3)CC2)ncn1. The van der Waals surface area contributed by atoms with Crippen molar-refractivity contribution in [2.45, 2.75) is 25.8 Å². The lowest BCUT2D eigenvalue weighted by molar-refractivity contribution is 0.0712. The van der Waals surface area contributed by atoms with Crippen molar-refractivity contribution in [1.29, 1.82) is 0 Å². The minimum absolute atomic E-state index is 0.180. The van der Waals surface area contributed by atoms with Crippen LogP contribution >= 0.6 is 11.6 Å². The summed E-state index contributed by atoms with van der Waals surface area (Å²) in [5.41, 5.74) is 1.22. The summed E-state index contributed by atoms with van der Waals surface area (Å²) in [5, 5.41) is 0.233. The molecule has 0 N–H and O–H groups in total.